The van der Waals surface area contributed by atoms with Crippen molar-refractivity contribution in [3.63, 3.8) is 0 Å². The van der Waals surface area contributed by atoms with Crippen LogP contribution in [0.1, 0.15) is 60.0 Å². The average molecular weight is 432 g/mol. The number of nitrogens with one attached hydrogen (secondary N) is 2. The average Bonchev–Trinajstić information content (AvgIpc) is 3.59. The highest BCUT2D eigenvalue weighted by Gasteiger charge is 2.31. The fourth-order valence-electron chi connectivity index (χ4n) is 4.37. The second-order valence-corrected chi connectivity index (χ2v) is 8.36. The van der Waals surface area contributed by atoms with Gasteiger partial charge in [0, 0.05) is 42.2 Å². The Morgan fingerprint density at radius 2 is 2.09 bits per heavy atom. The van der Waals surface area contributed by atoms with Gasteiger partial charge in [0.2, 0.25) is 0 Å². The van der Waals surface area contributed by atoms with Gasteiger partial charge in [-0.05, 0) is 38.3 Å². The molecule has 0 radical (unpaired) electrons. The van der Waals surface area contributed by atoms with Crippen molar-refractivity contribution >= 4 is 12.2 Å². The molecule has 1 aliphatic heterocycles. The second kappa shape index (κ2) is 8.26. The van der Waals surface area contributed by atoms with Crippen molar-refractivity contribution < 1.29 is 4.39 Å². The third-order valence-corrected chi connectivity index (χ3v) is 6.10. The van der Waals surface area contributed by atoms with Crippen LogP contribution >= 0.6 is 0 Å². The van der Waals surface area contributed by atoms with Crippen molar-refractivity contribution in [2.75, 3.05) is 6.54 Å². The Balaban J connectivity index is 1.54. The molecular formula is C24H26FN7. The third kappa shape index (κ3) is 3.70. The SMILES string of the molecule is CCc1nc(C2CC2)nc2c1CN(C(=NC=N)c1[nH]c(C)nc1-c1ccccc1F)CC2. The highest BCUT2D eigenvalue weighted by Crippen LogP contribution is 2.39. The van der Waals surface area contributed by atoms with Crippen LogP contribution in [0.4, 0.5) is 4.39 Å². The molecule has 1 fully saturated rings. The molecule has 2 N–H and O–H groups in total. The smallest absolute Gasteiger partial charge is 0.156 e. The molecule has 3 aromatic rings. The van der Waals surface area contributed by atoms with Gasteiger partial charge in [-0.25, -0.2) is 24.3 Å². The molecule has 0 bridgehead atoms. The minimum absolute atomic E-state index is 0.340. The van der Waals surface area contributed by atoms with Crippen LogP contribution in [0.2, 0.25) is 0 Å². The summed E-state index contributed by atoms with van der Waals surface area (Å²) in [6.45, 7) is 5.27. The molecule has 5 rings (SSSR count). The number of hydrogen-bond donors (Lipinski definition) is 2. The van der Waals surface area contributed by atoms with Gasteiger partial charge in [-0.15, -0.1) is 0 Å². The van der Waals surface area contributed by atoms with Gasteiger partial charge in [-0.2, -0.15) is 0 Å². The van der Waals surface area contributed by atoms with Crippen molar-refractivity contribution in [3.05, 3.63) is 64.4 Å². The third-order valence-electron chi connectivity index (χ3n) is 6.10. The van der Waals surface area contributed by atoms with Gasteiger partial charge >= 0.3 is 0 Å². The first-order valence-electron chi connectivity index (χ1n) is 11.1. The van der Waals surface area contributed by atoms with E-state index in [-0.39, 0.29) is 5.82 Å². The monoisotopic (exact) mass is 431 g/mol. The van der Waals surface area contributed by atoms with E-state index in [9.17, 15) is 4.39 Å². The zero-order valence-corrected chi connectivity index (χ0v) is 18.3. The first-order valence-corrected chi connectivity index (χ1v) is 11.1. The first kappa shape index (κ1) is 20.5. The summed E-state index contributed by atoms with van der Waals surface area (Å²) in [5.74, 6) is 2.42. The number of fused-ring (bicyclic) bond motifs is 1. The van der Waals surface area contributed by atoms with E-state index in [2.05, 4.69) is 26.8 Å². The van der Waals surface area contributed by atoms with Gasteiger partial charge in [-0.1, -0.05) is 19.1 Å². The Morgan fingerprint density at radius 3 is 2.81 bits per heavy atom. The van der Waals surface area contributed by atoms with Crippen molar-refractivity contribution in [1.82, 2.24) is 24.8 Å². The molecule has 0 atom stereocenters. The predicted molar refractivity (Wildman–Crippen MR) is 122 cm³/mol. The van der Waals surface area contributed by atoms with Crippen LogP contribution in [-0.4, -0.2) is 43.6 Å². The molecule has 32 heavy (non-hydrogen) atoms. The summed E-state index contributed by atoms with van der Waals surface area (Å²) in [6.07, 6.45) is 5.02. The van der Waals surface area contributed by atoms with Crippen LogP contribution in [0.15, 0.2) is 29.3 Å². The van der Waals surface area contributed by atoms with E-state index < -0.39 is 0 Å². The second-order valence-electron chi connectivity index (χ2n) is 8.36. The quantitative estimate of drug-likeness (QED) is 0.468. The van der Waals surface area contributed by atoms with Crippen LogP contribution in [-0.2, 0) is 19.4 Å². The Labute approximate surface area is 186 Å². The van der Waals surface area contributed by atoms with Gasteiger partial charge in [0.15, 0.2) is 5.84 Å². The maximum absolute atomic E-state index is 14.6. The number of aliphatic imine (C=N–C) groups is 1. The molecule has 3 heterocycles. The van der Waals surface area contributed by atoms with Gasteiger partial charge in [0.05, 0.1) is 5.69 Å². The molecule has 0 unspecified atom stereocenters. The van der Waals surface area contributed by atoms with Crippen LogP contribution in [0, 0.1) is 18.2 Å². The van der Waals surface area contributed by atoms with Crippen molar-refractivity contribution in [2.24, 2.45) is 4.99 Å². The maximum atomic E-state index is 14.6. The molecular weight excluding hydrogens is 405 g/mol. The van der Waals surface area contributed by atoms with Gasteiger partial charge in [0.1, 0.15) is 35.2 Å². The van der Waals surface area contributed by atoms with E-state index in [1.807, 2.05) is 6.92 Å². The summed E-state index contributed by atoms with van der Waals surface area (Å²) in [6, 6.07) is 6.59. The summed E-state index contributed by atoms with van der Waals surface area (Å²) in [5, 5.41) is 7.66. The number of amidine groups is 1. The van der Waals surface area contributed by atoms with E-state index in [1.54, 1.807) is 18.2 Å². The molecule has 164 valence electrons. The summed E-state index contributed by atoms with van der Waals surface area (Å²) in [4.78, 5) is 24.1. The number of aromatic nitrogens is 4. The summed E-state index contributed by atoms with van der Waals surface area (Å²) in [5.41, 5.74) is 4.89. The predicted octanol–water partition coefficient (Wildman–Crippen LogP) is 4.17. The Kier molecular flexibility index (Phi) is 5.28. The van der Waals surface area contributed by atoms with Crippen molar-refractivity contribution in [1.29, 1.82) is 5.41 Å². The molecule has 0 saturated heterocycles. The minimum atomic E-state index is -0.340. The van der Waals surface area contributed by atoms with Gasteiger partial charge in [-0.3, -0.25) is 5.41 Å². The van der Waals surface area contributed by atoms with E-state index in [0.717, 1.165) is 42.0 Å². The molecule has 1 aromatic carbocycles. The summed E-state index contributed by atoms with van der Waals surface area (Å²) < 4.78 is 14.6. The zero-order chi connectivity index (χ0) is 22.2. The number of H-pyrrole nitrogens is 1. The van der Waals surface area contributed by atoms with Crippen LogP contribution < -0.4 is 0 Å². The van der Waals surface area contributed by atoms with Crippen molar-refractivity contribution in [3.8, 4) is 11.3 Å². The normalized spacial score (nSPS) is 16.2. The van der Waals surface area contributed by atoms with E-state index in [0.29, 0.717) is 47.6 Å². The van der Waals surface area contributed by atoms with E-state index in [4.69, 9.17) is 15.4 Å². The van der Waals surface area contributed by atoms with Crippen LogP contribution in [0.3, 0.4) is 0 Å². The number of rotatable bonds is 5. The largest absolute Gasteiger partial charge is 0.350 e. The van der Waals surface area contributed by atoms with E-state index >= 15 is 0 Å². The Hall–Kier alpha value is -3.42. The molecule has 0 amide bonds. The lowest BCUT2D eigenvalue weighted by atomic mass is 10.0. The van der Waals surface area contributed by atoms with Crippen LogP contribution in [0.25, 0.3) is 11.3 Å². The van der Waals surface area contributed by atoms with Crippen LogP contribution in [0.5, 0.6) is 0 Å². The zero-order valence-electron chi connectivity index (χ0n) is 18.3. The number of aromatic amines is 1. The lowest BCUT2D eigenvalue weighted by molar-refractivity contribution is 0.385. The molecule has 1 aliphatic carbocycles. The molecule has 2 aliphatic rings. The fourth-order valence-corrected chi connectivity index (χ4v) is 4.37. The standard InChI is InChI=1S/C24H26FN7/c1-3-19-17-12-32(11-10-20(17)31-23(30-19)15-8-9-15)24(27-13-26)22-21(28-14(2)29-22)16-6-4-5-7-18(16)25/h4-7,13,15,26H,3,8-12H2,1-2H3,(H,28,29). The summed E-state index contributed by atoms with van der Waals surface area (Å²) in [7, 11) is 0. The topological polar surface area (TPSA) is 93.9 Å². The van der Waals surface area contributed by atoms with E-state index in [1.165, 1.54) is 18.9 Å². The lowest BCUT2D eigenvalue weighted by Gasteiger charge is -2.32. The number of halogens is 1. The number of benzene rings is 1. The van der Waals surface area contributed by atoms with Crippen molar-refractivity contribution in [2.45, 2.75) is 52.0 Å². The highest BCUT2D eigenvalue weighted by atomic mass is 19.1. The first-order chi connectivity index (χ1) is 15.6. The maximum Gasteiger partial charge on any atom is 0.156 e. The minimum Gasteiger partial charge on any atom is -0.350 e. The Bertz CT molecular complexity index is 1190. The molecule has 2 aromatic heterocycles. The number of nitrogens with zero attached hydrogens (tertiary/aromatic N) is 5. The van der Waals surface area contributed by atoms with Gasteiger partial charge < -0.3 is 9.88 Å². The molecule has 0 spiro atoms. The molecule has 8 heteroatoms. The number of aryl methyl sites for hydroxylation is 2. The Morgan fingerprint density at radius 1 is 1.28 bits per heavy atom. The van der Waals surface area contributed by atoms with Gasteiger partial charge in [0.25, 0.3) is 0 Å². The highest BCUT2D eigenvalue weighted by molar-refractivity contribution is 6.05. The fraction of sp³-hybridized carbons (Fsp3) is 0.375. The number of imidazole rings is 1. The number of hydrogen-bond acceptors (Lipinski definition) is 4. The summed E-state index contributed by atoms with van der Waals surface area (Å²) >= 11 is 0. The molecule has 7 nitrogen and oxygen atoms in total. The lowest BCUT2D eigenvalue weighted by Crippen LogP contribution is -2.38. The molecule has 1 saturated carbocycles.